The van der Waals surface area contributed by atoms with E-state index in [-0.39, 0.29) is 5.91 Å². The third-order valence-electron chi connectivity index (χ3n) is 5.70. The second-order valence-corrected chi connectivity index (χ2v) is 7.50. The number of nitrogens with two attached hydrogens (primary N) is 1. The first kappa shape index (κ1) is 19.9. The third-order valence-corrected chi connectivity index (χ3v) is 5.70. The highest BCUT2D eigenvalue weighted by Gasteiger charge is 2.24. The van der Waals surface area contributed by atoms with Crippen molar-refractivity contribution >= 4 is 17.7 Å². The molecule has 28 heavy (non-hydrogen) atoms. The van der Waals surface area contributed by atoms with Gasteiger partial charge in [-0.2, -0.15) is 0 Å². The number of hydrogen-bond acceptors (Lipinski definition) is 3. The van der Waals surface area contributed by atoms with Crippen molar-refractivity contribution in [3.8, 4) is 0 Å². The van der Waals surface area contributed by atoms with Crippen LogP contribution in [-0.2, 0) is 0 Å². The molecule has 0 spiro atoms. The summed E-state index contributed by atoms with van der Waals surface area (Å²) >= 11 is 0. The van der Waals surface area contributed by atoms with Gasteiger partial charge in [0.2, 0.25) is 0 Å². The Bertz CT molecular complexity index is 889. The lowest BCUT2D eigenvalue weighted by Crippen LogP contribution is -2.37. The number of aryl methyl sites for hydroxylation is 2. The van der Waals surface area contributed by atoms with Gasteiger partial charge in [-0.25, -0.2) is 0 Å². The fraction of sp³-hybridized carbons (Fsp3) is 0.333. The number of benzene rings is 2. The minimum absolute atomic E-state index is 0.147. The molecule has 0 radical (unpaired) electrons. The van der Waals surface area contributed by atoms with Crippen molar-refractivity contribution in [1.29, 1.82) is 0 Å². The zero-order valence-electron chi connectivity index (χ0n) is 17.0. The van der Waals surface area contributed by atoms with Crippen molar-refractivity contribution in [2.75, 3.05) is 20.1 Å². The van der Waals surface area contributed by atoms with Crippen LogP contribution in [0, 0.1) is 13.8 Å². The molecule has 1 amide bonds. The fourth-order valence-corrected chi connectivity index (χ4v) is 3.77. The van der Waals surface area contributed by atoms with Crippen molar-refractivity contribution in [2.45, 2.75) is 32.6 Å². The van der Waals surface area contributed by atoms with E-state index >= 15 is 0 Å². The van der Waals surface area contributed by atoms with Gasteiger partial charge >= 0.3 is 0 Å². The molecular formula is C24H29N3O. The molecule has 0 aliphatic carbocycles. The second kappa shape index (κ2) is 8.87. The maximum atomic E-state index is 12.8. The summed E-state index contributed by atoms with van der Waals surface area (Å²) < 4.78 is 0. The van der Waals surface area contributed by atoms with Gasteiger partial charge in [0, 0.05) is 43.7 Å². The van der Waals surface area contributed by atoms with Crippen molar-refractivity contribution in [3.05, 3.63) is 76.5 Å². The van der Waals surface area contributed by atoms with Gasteiger partial charge < -0.3 is 10.6 Å². The minimum atomic E-state index is 0.147. The van der Waals surface area contributed by atoms with Crippen LogP contribution in [0.3, 0.4) is 0 Å². The SMILES string of the molecule is CN=CC(=CN)c1ccc(C2CCN(C(=O)c3ccc(C)c(C)c3)CC2)cc1. The molecule has 3 rings (SSSR count). The quantitative estimate of drug-likeness (QED) is 0.809. The maximum Gasteiger partial charge on any atom is 0.253 e. The molecule has 1 saturated heterocycles. The van der Waals surface area contributed by atoms with Gasteiger partial charge in [-0.1, -0.05) is 30.3 Å². The summed E-state index contributed by atoms with van der Waals surface area (Å²) in [5.74, 6) is 0.636. The number of nitrogens with zero attached hydrogens (tertiary/aromatic N) is 2. The molecule has 4 heteroatoms. The van der Waals surface area contributed by atoms with E-state index in [2.05, 4.69) is 43.1 Å². The molecule has 0 bridgehead atoms. The van der Waals surface area contributed by atoms with Crippen LogP contribution < -0.4 is 5.73 Å². The van der Waals surface area contributed by atoms with Crippen molar-refractivity contribution in [3.63, 3.8) is 0 Å². The zero-order valence-corrected chi connectivity index (χ0v) is 17.0. The van der Waals surface area contributed by atoms with Crippen LogP contribution in [0.5, 0.6) is 0 Å². The Kier molecular flexibility index (Phi) is 6.30. The Morgan fingerprint density at radius 2 is 1.68 bits per heavy atom. The van der Waals surface area contributed by atoms with Gasteiger partial charge in [-0.05, 0) is 67.0 Å². The summed E-state index contributed by atoms with van der Waals surface area (Å²) in [5.41, 5.74) is 12.2. The van der Waals surface area contributed by atoms with Crippen LogP contribution in [0.1, 0.15) is 51.4 Å². The van der Waals surface area contributed by atoms with E-state index in [1.165, 1.54) is 16.7 Å². The van der Waals surface area contributed by atoms with Crippen molar-refractivity contribution in [1.82, 2.24) is 4.90 Å². The number of hydrogen-bond donors (Lipinski definition) is 1. The molecule has 1 aliphatic heterocycles. The van der Waals surface area contributed by atoms with E-state index in [1.54, 1.807) is 19.5 Å². The first-order valence-electron chi connectivity index (χ1n) is 9.84. The van der Waals surface area contributed by atoms with Crippen LogP contribution in [0.4, 0.5) is 0 Å². The summed E-state index contributed by atoms with van der Waals surface area (Å²) in [4.78, 5) is 18.8. The molecular weight excluding hydrogens is 346 g/mol. The number of likely N-dealkylation sites (tertiary alicyclic amines) is 1. The highest BCUT2D eigenvalue weighted by Crippen LogP contribution is 2.29. The topological polar surface area (TPSA) is 58.7 Å². The lowest BCUT2D eigenvalue weighted by atomic mass is 9.88. The molecule has 4 nitrogen and oxygen atoms in total. The molecule has 2 aromatic rings. The number of allylic oxidation sites excluding steroid dienone is 1. The molecule has 1 fully saturated rings. The number of amides is 1. The lowest BCUT2D eigenvalue weighted by molar-refractivity contribution is 0.0713. The Hall–Kier alpha value is -2.88. The molecule has 1 aliphatic rings. The molecule has 0 saturated carbocycles. The monoisotopic (exact) mass is 375 g/mol. The van der Waals surface area contributed by atoms with Crippen LogP contribution in [0.15, 0.2) is 53.7 Å². The number of carbonyl (C=O) groups excluding carboxylic acids is 1. The smallest absolute Gasteiger partial charge is 0.253 e. The second-order valence-electron chi connectivity index (χ2n) is 7.50. The fourth-order valence-electron chi connectivity index (χ4n) is 3.77. The normalized spacial score (nSPS) is 16.0. The summed E-state index contributed by atoms with van der Waals surface area (Å²) in [5, 5.41) is 0. The Morgan fingerprint density at radius 1 is 1.04 bits per heavy atom. The van der Waals surface area contributed by atoms with Gasteiger partial charge in [0.15, 0.2) is 0 Å². The average molecular weight is 376 g/mol. The Labute approximate surface area is 167 Å². The number of piperidine rings is 1. The molecule has 2 aromatic carbocycles. The number of carbonyl (C=O) groups is 1. The maximum absolute atomic E-state index is 12.8. The molecule has 146 valence electrons. The molecule has 0 aromatic heterocycles. The highest BCUT2D eigenvalue weighted by molar-refractivity contribution is 6.09. The van der Waals surface area contributed by atoms with E-state index in [0.29, 0.717) is 5.92 Å². The predicted octanol–water partition coefficient (Wildman–Crippen LogP) is 4.32. The zero-order chi connectivity index (χ0) is 20.1. The van der Waals surface area contributed by atoms with E-state index in [1.807, 2.05) is 23.1 Å². The summed E-state index contributed by atoms with van der Waals surface area (Å²) in [6.07, 6.45) is 5.34. The van der Waals surface area contributed by atoms with Crippen LogP contribution in [-0.4, -0.2) is 37.2 Å². The highest BCUT2D eigenvalue weighted by atomic mass is 16.2. The van der Waals surface area contributed by atoms with Crippen molar-refractivity contribution < 1.29 is 4.79 Å². The summed E-state index contributed by atoms with van der Waals surface area (Å²) in [7, 11) is 1.74. The van der Waals surface area contributed by atoms with Crippen molar-refractivity contribution in [2.24, 2.45) is 10.7 Å². The Balaban J connectivity index is 1.63. The summed E-state index contributed by atoms with van der Waals surface area (Å²) in [6.45, 7) is 5.73. The molecule has 2 N–H and O–H groups in total. The predicted molar refractivity (Wildman–Crippen MR) is 117 cm³/mol. The first-order chi connectivity index (χ1) is 13.5. The van der Waals surface area contributed by atoms with Crippen LogP contribution in [0.25, 0.3) is 5.57 Å². The molecule has 0 unspecified atom stereocenters. The first-order valence-corrected chi connectivity index (χ1v) is 9.84. The largest absolute Gasteiger partial charge is 0.404 e. The third kappa shape index (κ3) is 4.33. The van der Waals surface area contributed by atoms with Gasteiger partial charge in [0.25, 0.3) is 5.91 Å². The van der Waals surface area contributed by atoms with E-state index in [4.69, 9.17) is 5.73 Å². The Morgan fingerprint density at radius 3 is 2.25 bits per heavy atom. The van der Waals surface area contributed by atoms with Gasteiger partial charge in [0.1, 0.15) is 0 Å². The molecule has 1 heterocycles. The minimum Gasteiger partial charge on any atom is -0.404 e. The number of rotatable bonds is 4. The van der Waals surface area contributed by atoms with Gasteiger partial charge in [-0.3, -0.25) is 9.79 Å². The molecule has 0 atom stereocenters. The van der Waals surface area contributed by atoms with Gasteiger partial charge in [0.05, 0.1) is 0 Å². The van der Waals surface area contributed by atoms with E-state index in [0.717, 1.165) is 42.6 Å². The van der Waals surface area contributed by atoms with Crippen LogP contribution in [0.2, 0.25) is 0 Å². The van der Waals surface area contributed by atoms with E-state index in [9.17, 15) is 4.79 Å². The summed E-state index contributed by atoms with van der Waals surface area (Å²) in [6, 6.07) is 14.5. The van der Waals surface area contributed by atoms with Gasteiger partial charge in [-0.15, -0.1) is 0 Å². The average Bonchev–Trinajstić information content (AvgIpc) is 2.74. The van der Waals surface area contributed by atoms with Crippen LogP contribution >= 0.6 is 0 Å². The lowest BCUT2D eigenvalue weighted by Gasteiger charge is -2.32. The standard InChI is InChI=1S/C24H29N3O/c1-17-4-5-22(14-18(17)2)24(28)27-12-10-21(11-13-27)19-6-8-20(9-7-19)23(15-25)16-26-3/h4-9,14-16,21H,10-13,25H2,1-3H3. The van der Waals surface area contributed by atoms with E-state index < -0.39 is 0 Å². The number of aliphatic imine (C=N–C) groups is 1.